The van der Waals surface area contributed by atoms with Gasteiger partial charge in [-0.05, 0) is 6.92 Å². The molecule has 0 amide bonds. The summed E-state index contributed by atoms with van der Waals surface area (Å²) >= 11 is 5.83. The van der Waals surface area contributed by atoms with Gasteiger partial charge in [0.25, 0.3) is 11.6 Å². The van der Waals surface area contributed by atoms with Crippen LogP contribution in [0.5, 0.6) is 0 Å². The Hall–Kier alpha value is -2.77. The molecule has 2 aromatic heterocycles. The summed E-state index contributed by atoms with van der Waals surface area (Å²) in [5, 5.41) is 3.92. The summed E-state index contributed by atoms with van der Waals surface area (Å²) in [5.41, 5.74) is -2.04. The van der Waals surface area contributed by atoms with Crippen molar-refractivity contribution in [2.75, 3.05) is 5.32 Å². The molecule has 2 heterocycles. The number of aromatic nitrogens is 4. The normalized spacial score (nSPS) is 13.7. The van der Waals surface area contributed by atoms with Crippen LogP contribution in [0.1, 0.15) is 12.7 Å². The van der Waals surface area contributed by atoms with E-state index in [9.17, 15) is 39.5 Å². The average molecular weight is 464 g/mol. The van der Waals surface area contributed by atoms with Gasteiger partial charge in [-0.3, -0.25) is 0 Å². The third-order valence-corrected chi connectivity index (χ3v) is 4.07. The minimum absolute atomic E-state index is 0.175. The zero-order valence-corrected chi connectivity index (χ0v) is 15.1. The summed E-state index contributed by atoms with van der Waals surface area (Å²) in [5.74, 6) is -8.19. The van der Waals surface area contributed by atoms with Crippen molar-refractivity contribution in [3.05, 3.63) is 40.6 Å². The zero-order chi connectivity index (χ0) is 22.6. The van der Waals surface area contributed by atoms with E-state index in [1.165, 1.54) is 0 Å². The number of nitrogens with one attached hydrogen (secondary N) is 1. The summed E-state index contributed by atoms with van der Waals surface area (Å²) in [6.45, 7) is 0.586. The molecular weight excluding hydrogens is 457 g/mol. The van der Waals surface area contributed by atoms with Crippen molar-refractivity contribution < 1.29 is 39.5 Å². The lowest BCUT2D eigenvalue weighted by Gasteiger charge is -2.21. The van der Waals surface area contributed by atoms with Gasteiger partial charge in [-0.2, -0.15) is 40.8 Å². The second kappa shape index (κ2) is 7.18. The molecule has 0 spiro atoms. The van der Waals surface area contributed by atoms with Gasteiger partial charge in [0.2, 0.25) is 0 Å². The Morgan fingerprint density at radius 3 is 2.03 bits per heavy atom. The van der Waals surface area contributed by atoms with Crippen LogP contribution in [-0.2, 0) is 6.18 Å². The zero-order valence-electron chi connectivity index (χ0n) is 14.3. The number of halogens is 10. The quantitative estimate of drug-likeness (QED) is 0.426. The Bertz CT molecular complexity index is 1100. The van der Waals surface area contributed by atoms with E-state index in [0.29, 0.717) is 6.92 Å². The maximum atomic E-state index is 14.3. The fourth-order valence-corrected chi connectivity index (χ4v) is 2.68. The average Bonchev–Trinajstić information content (AvgIpc) is 2.99. The molecule has 0 radical (unpaired) electrons. The first-order valence-corrected chi connectivity index (χ1v) is 8.09. The van der Waals surface area contributed by atoms with E-state index >= 15 is 0 Å². The van der Waals surface area contributed by atoms with Gasteiger partial charge in [-0.1, -0.05) is 11.6 Å². The van der Waals surface area contributed by atoms with E-state index in [4.69, 9.17) is 11.6 Å². The largest absolute Gasteiger partial charge is 0.453 e. The van der Waals surface area contributed by atoms with Crippen LogP contribution in [0.3, 0.4) is 0 Å². The van der Waals surface area contributed by atoms with Crippen molar-refractivity contribution >= 4 is 23.2 Å². The van der Waals surface area contributed by atoms with Crippen LogP contribution in [0.25, 0.3) is 16.9 Å². The lowest BCUT2D eigenvalue weighted by molar-refractivity contribution is -0.145. The van der Waals surface area contributed by atoms with Gasteiger partial charge < -0.3 is 5.32 Å². The number of fused-ring (bicyclic) bond motifs is 1. The number of anilines is 1. The van der Waals surface area contributed by atoms with Crippen molar-refractivity contribution in [3.63, 3.8) is 0 Å². The van der Waals surface area contributed by atoms with Gasteiger partial charge in [-0.25, -0.2) is 13.2 Å². The molecule has 0 saturated carbocycles. The summed E-state index contributed by atoms with van der Waals surface area (Å²) in [4.78, 5) is 6.46. The van der Waals surface area contributed by atoms with E-state index < -0.39 is 69.5 Å². The molecular formula is C15H7ClF9N5. The van der Waals surface area contributed by atoms with Crippen molar-refractivity contribution in [1.82, 2.24) is 19.6 Å². The molecule has 0 unspecified atom stereocenters. The number of hydrogen-bond donors (Lipinski definition) is 1. The lowest BCUT2D eigenvalue weighted by Crippen LogP contribution is -2.34. The highest BCUT2D eigenvalue weighted by atomic mass is 35.5. The Morgan fingerprint density at radius 1 is 0.967 bits per heavy atom. The Balaban J connectivity index is 2.39. The lowest BCUT2D eigenvalue weighted by atomic mass is 10.1. The van der Waals surface area contributed by atoms with Crippen LogP contribution in [-0.4, -0.2) is 31.8 Å². The molecule has 0 bridgehead atoms. The van der Waals surface area contributed by atoms with Crippen molar-refractivity contribution in [2.45, 2.75) is 25.3 Å². The van der Waals surface area contributed by atoms with Crippen LogP contribution in [0, 0.1) is 17.5 Å². The maximum Gasteiger partial charge on any atom is 0.453 e. The topological polar surface area (TPSA) is 55.1 Å². The molecule has 1 N–H and O–H groups in total. The minimum Gasteiger partial charge on any atom is -0.358 e. The molecule has 0 fully saturated rings. The molecule has 162 valence electrons. The first kappa shape index (κ1) is 21.9. The molecule has 1 aromatic carbocycles. The second-order valence-corrected chi connectivity index (χ2v) is 6.28. The van der Waals surface area contributed by atoms with Crippen LogP contribution in [0.2, 0.25) is 5.15 Å². The Kier molecular flexibility index (Phi) is 5.25. The second-order valence-electron chi connectivity index (χ2n) is 5.92. The van der Waals surface area contributed by atoms with E-state index in [2.05, 4.69) is 15.1 Å². The predicted octanol–water partition coefficient (Wildman–Crippen LogP) is 5.24. The molecule has 15 heteroatoms. The van der Waals surface area contributed by atoms with Gasteiger partial charge in [0.15, 0.2) is 0 Å². The van der Waals surface area contributed by atoms with Crippen LogP contribution in [0.4, 0.5) is 45.3 Å². The molecule has 30 heavy (non-hydrogen) atoms. The molecule has 3 aromatic rings. The Morgan fingerprint density at radius 2 is 1.53 bits per heavy atom. The molecule has 0 aliphatic carbocycles. The highest BCUT2D eigenvalue weighted by Gasteiger charge is 2.40. The number of rotatable bonds is 3. The maximum absolute atomic E-state index is 14.3. The van der Waals surface area contributed by atoms with Crippen molar-refractivity contribution in [3.8, 4) is 11.1 Å². The first-order valence-electron chi connectivity index (χ1n) is 7.71. The summed E-state index contributed by atoms with van der Waals surface area (Å²) in [6, 6.07) is -2.01. The number of alkyl halides is 6. The molecule has 0 saturated heterocycles. The van der Waals surface area contributed by atoms with E-state index in [1.807, 2.05) is 0 Å². The van der Waals surface area contributed by atoms with E-state index in [1.54, 1.807) is 5.32 Å². The monoisotopic (exact) mass is 463 g/mol. The van der Waals surface area contributed by atoms with Crippen molar-refractivity contribution in [1.29, 1.82) is 0 Å². The van der Waals surface area contributed by atoms with Gasteiger partial charge in [0, 0.05) is 12.1 Å². The fraction of sp³-hybridized carbons (Fsp3) is 0.267. The number of benzene rings is 1. The smallest absolute Gasteiger partial charge is 0.358 e. The van der Waals surface area contributed by atoms with E-state index in [0.717, 1.165) is 0 Å². The molecule has 0 aliphatic rings. The van der Waals surface area contributed by atoms with Gasteiger partial charge in [0.1, 0.15) is 34.5 Å². The standard InChI is InChI=1S/C15H7ClF9N5/c1-4(14(20,21)22)26-11-9(8-6(18)2-5(17)3-7(8)19)10(16)27-13-28-12(15(23,24)25)29-30(11)13/h2-4,26H,1H3/t4-/m0/s1. The molecule has 3 rings (SSSR count). The predicted molar refractivity (Wildman–Crippen MR) is 85.2 cm³/mol. The van der Waals surface area contributed by atoms with Crippen LogP contribution in [0.15, 0.2) is 12.1 Å². The highest BCUT2D eigenvalue weighted by molar-refractivity contribution is 6.33. The minimum atomic E-state index is -5.11. The van der Waals surface area contributed by atoms with Crippen LogP contribution >= 0.6 is 11.6 Å². The fourth-order valence-electron chi connectivity index (χ4n) is 2.42. The molecule has 1 atom stereocenters. The number of nitrogens with zero attached hydrogens (tertiary/aromatic N) is 4. The summed E-state index contributed by atoms with van der Waals surface area (Å²) in [7, 11) is 0. The third-order valence-electron chi connectivity index (χ3n) is 3.80. The Labute approximate surface area is 165 Å². The SMILES string of the molecule is C[C@H](Nc1c(-c2c(F)cc(F)cc2F)c(Cl)nc2nc(C(F)(F)F)nn12)C(F)(F)F. The highest BCUT2D eigenvalue weighted by Crippen LogP contribution is 2.39. The van der Waals surface area contributed by atoms with Crippen molar-refractivity contribution in [2.24, 2.45) is 0 Å². The molecule has 0 aliphatic heterocycles. The van der Waals surface area contributed by atoms with E-state index in [-0.39, 0.29) is 16.6 Å². The first-order chi connectivity index (χ1) is 13.7. The van der Waals surface area contributed by atoms with Crippen LogP contribution < -0.4 is 5.32 Å². The van der Waals surface area contributed by atoms with Gasteiger partial charge >= 0.3 is 12.4 Å². The van der Waals surface area contributed by atoms with Gasteiger partial charge in [0.05, 0.1) is 11.1 Å². The van der Waals surface area contributed by atoms with Gasteiger partial charge in [-0.15, -0.1) is 5.10 Å². The molecule has 5 nitrogen and oxygen atoms in total. The third kappa shape index (κ3) is 3.95. The number of hydrogen-bond acceptors (Lipinski definition) is 4. The summed E-state index contributed by atoms with van der Waals surface area (Å²) < 4.78 is 120. The summed E-state index contributed by atoms with van der Waals surface area (Å²) in [6.07, 6.45) is -10.0.